The number of hydrogen-bond acceptors (Lipinski definition) is 2. The van der Waals surface area contributed by atoms with E-state index < -0.39 is 0 Å². The van der Waals surface area contributed by atoms with E-state index in [0.29, 0.717) is 5.75 Å². The van der Waals surface area contributed by atoms with Crippen molar-refractivity contribution in [1.82, 2.24) is 0 Å². The van der Waals surface area contributed by atoms with Gasteiger partial charge in [-0.1, -0.05) is 26.2 Å². The smallest absolute Gasteiger partial charge is 0.314 e. The summed E-state index contributed by atoms with van der Waals surface area (Å²) in [6, 6.07) is 5.75. The fraction of sp³-hybridized carbons (Fsp3) is 0.731. The molecule has 4 atom stereocenters. The molecule has 0 bridgehead atoms. The fourth-order valence-corrected chi connectivity index (χ4v) is 6.65. The summed E-state index contributed by atoms with van der Waals surface area (Å²) in [6.07, 6.45) is 15.7. The van der Waals surface area contributed by atoms with Gasteiger partial charge >= 0.3 is 5.97 Å². The second-order valence-electron chi connectivity index (χ2n) is 10.0. The SMILES string of the molecule is CCCC1CCC2CC(C3CCC(C(=O)Oc4ccc(F)cc4)CC3)CCC2C1. The van der Waals surface area contributed by atoms with Gasteiger partial charge in [0.2, 0.25) is 0 Å². The van der Waals surface area contributed by atoms with E-state index in [1.54, 1.807) is 0 Å². The van der Waals surface area contributed by atoms with Crippen LogP contribution >= 0.6 is 0 Å². The Morgan fingerprint density at radius 1 is 0.862 bits per heavy atom. The minimum Gasteiger partial charge on any atom is -0.426 e. The van der Waals surface area contributed by atoms with E-state index in [-0.39, 0.29) is 17.7 Å². The van der Waals surface area contributed by atoms with Crippen LogP contribution in [0.15, 0.2) is 24.3 Å². The van der Waals surface area contributed by atoms with Crippen molar-refractivity contribution in [2.45, 2.75) is 84.0 Å². The van der Waals surface area contributed by atoms with Crippen LogP contribution in [0, 0.1) is 41.3 Å². The molecule has 3 saturated carbocycles. The lowest BCUT2D eigenvalue weighted by Gasteiger charge is -2.45. The van der Waals surface area contributed by atoms with Crippen LogP contribution in [0.2, 0.25) is 0 Å². The number of fused-ring (bicyclic) bond motifs is 1. The van der Waals surface area contributed by atoms with Gasteiger partial charge in [-0.3, -0.25) is 4.79 Å². The number of carbonyl (C=O) groups is 1. The van der Waals surface area contributed by atoms with Gasteiger partial charge in [-0.25, -0.2) is 4.39 Å². The van der Waals surface area contributed by atoms with Crippen LogP contribution in [0.1, 0.15) is 84.0 Å². The molecule has 2 nitrogen and oxygen atoms in total. The lowest BCUT2D eigenvalue weighted by molar-refractivity contribution is -0.140. The normalized spacial score (nSPS) is 35.0. The van der Waals surface area contributed by atoms with E-state index >= 15 is 0 Å². The molecule has 0 aliphatic heterocycles. The van der Waals surface area contributed by atoms with Crippen molar-refractivity contribution < 1.29 is 13.9 Å². The molecular formula is C26H37FO2. The first-order valence-corrected chi connectivity index (χ1v) is 12.1. The monoisotopic (exact) mass is 400 g/mol. The first-order valence-electron chi connectivity index (χ1n) is 12.1. The predicted molar refractivity (Wildman–Crippen MR) is 114 cm³/mol. The largest absolute Gasteiger partial charge is 0.426 e. The van der Waals surface area contributed by atoms with Crippen molar-refractivity contribution in [2.75, 3.05) is 0 Å². The molecule has 3 aliphatic rings. The van der Waals surface area contributed by atoms with Crippen molar-refractivity contribution in [3.63, 3.8) is 0 Å². The van der Waals surface area contributed by atoms with Gasteiger partial charge in [-0.2, -0.15) is 0 Å². The summed E-state index contributed by atoms with van der Waals surface area (Å²) in [5.41, 5.74) is 0. The zero-order valence-corrected chi connectivity index (χ0v) is 18.0. The van der Waals surface area contributed by atoms with E-state index in [0.717, 1.165) is 42.4 Å². The van der Waals surface area contributed by atoms with Gasteiger partial charge in [0.15, 0.2) is 0 Å². The Balaban J connectivity index is 1.23. The van der Waals surface area contributed by atoms with Crippen LogP contribution in [-0.4, -0.2) is 5.97 Å². The van der Waals surface area contributed by atoms with Crippen molar-refractivity contribution >= 4 is 5.97 Å². The molecule has 1 aromatic rings. The molecule has 4 unspecified atom stereocenters. The Kier molecular flexibility index (Phi) is 6.92. The summed E-state index contributed by atoms with van der Waals surface area (Å²) in [5.74, 6) is 4.69. The molecule has 3 aliphatic carbocycles. The Bertz CT molecular complexity index is 662. The molecule has 0 heterocycles. The Hall–Kier alpha value is -1.38. The molecule has 4 rings (SSSR count). The number of rotatable bonds is 5. The molecule has 1 aromatic carbocycles. The number of benzene rings is 1. The summed E-state index contributed by atoms with van der Waals surface area (Å²) in [6.45, 7) is 2.33. The summed E-state index contributed by atoms with van der Waals surface area (Å²) in [5, 5.41) is 0. The highest BCUT2D eigenvalue weighted by atomic mass is 19.1. The molecule has 0 N–H and O–H groups in total. The van der Waals surface area contributed by atoms with Crippen LogP contribution in [0.5, 0.6) is 5.75 Å². The highest BCUT2D eigenvalue weighted by Gasteiger charge is 2.39. The topological polar surface area (TPSA) is 26.3 Å². The molecule has 0 aromatic heterocycles. The Labute approximate surface area is 175 Å². The quantitative estimate of drug-likeness (QED) is 0.387. The predicted octanol–water partition coefficient (Wildman–Crippen LogP) is 7.17. The van der Waals surface area contributed by atoms with Crippen LogP contribution in [0.4, 0.5) is 4.39 Å². The van der Waals surface area contributed by atoms with E-state index in [9.17, 15) is 9.18 Å². The van der Waals surface area contributed by atoms with E-state index in [2.05, 4.69) is 6.92 Å². The number of halogens is 1. The van der Waals surface area contributed by atoms with Crippen LogP contribution in [-0.2, 0) is 4.79 Å². The van der Waals surface area contributed by atoms with E-state index in [4.69, 9.17) is 4.74 Å². The molecule has 0 spiro atoms. The molecule has 0 radical (unpaired) electrons. The summed E-state index contributed by atoms with van der Waals surface area (Å²) in [7, 11) is 0. The maximum absolute atomic E-state index is 13.0. The summed E-state index contributed by atoms with van der Waals surface area (Å²) >= 11 is 0. The van der Waals surface area contributed by atoms with Gasteiger partial charge in [0.05, 0.1) is 5.92 Å². The van der Waals surface area contributed by atoms with E-state index in [1.165, 1.54) is 88.5 Å². The highest BCUT2D eigenvalue weighted by Crippen LogP contribution is 2.49. The lowest BCUT2D eigenvalue weighted by Crippen LogP contribution is -2.35. The average Bonchev–Trinajstić information content (AvgIpc) is 2.75. The number of esters is 1. The van der Waals surface area contributed by atoms with Crippen LogP contribution < -0.4 is 4.74 Å². The highest BCUT2D eigenvalue weighted by molar-refractivity contribution is 5.75. The molecule has 160 valence electrons. The lowest BCUT2D eigenvalue weighted by atomic mass is 9.60. The molecule has 3 heteroatoms. The van der Waals surface area contributed by atoms with Crippen molar-refractivity contribution in [3.05, 3.63) is 30.1 Å². The maximum Gasteiger partial charge on any atom is 0.314 e. The maximum atomic E-state index is 13.0. The molecule has 0 amide bonds. The standard InChI is InChI=1S/C26H37FO2/c1-2-3-18-4-5-23-17-22(11-10-21(23)16-18)19-6-8-20(9-7-19)26(28)29-25-14-12-24(27)13-15-25/h12-15,18-23H,2-11,16-17H2,1H3. The molecular weight excluding hydrogens is 363 g/mol. The van der Waals surface area contributed by atoms with Gasteiger partial charge in [-0.15, -0.1) is 0 Å². The molecule has 29 heavy (non-hydrogen) atoms. The average molecular weight is 401 g/mol. The summed E-state index contributed by atoms with van der Waals surface area (Å²) < 4.78 is 18.5. The van der Waals surface area contributed by atoms with Gasteiger partial charge in [0, 0.05) is 0 Å². The van der Waals surface area contributed by atoms with Gasteiger partial charge < -0.3 is 4.74 Å². The first-order chi connectivity index (χ1) is 14.1. The first kappa shape index (κ1) is 20.9. The van der Waals surface area contributed by atoms with Gasteiger partial charge in [-0.05, 0) is 112 Å². The Morgan fingerprint density at radius 3 is 2.14 bits per heavy atom. The van der Waals surface area contributed by atoms with Gasteiger partial charge in [0.1, 0.15) is 11.6 Å². The second-order valence-corrected chi connectivity index (χ2v) is 10.0. The van der Waals surface area contributed by atoms with Crippen LogP contribution in [0.25, 0.3) is 0 Å². The number of hydrogen-bond donors (Lipinski definition) is 0. The molecule has 3 fully saturated rings. The van der Waals surface area contributed by atoms with Crippen molar-refractivity contribution in [1.29, 1.82) is 0 Å². The minimum atomic E-state index is -0.307. The third kappa shape index (κ3) is 5.22. The Morgan fingerprint density at radius 2 is 1.45 bits per heavy atom. The summed E-state index contributed by atoms with van der Waals surface area (Å²) in [4.78, 5) is 12.5. The molecule has 0 saturated heterocycles. The minimum absolute atomic E-state index is 0.0112. The fourth-order valence-electron chi connectivity index (χ4n) is 6.65. The van der Waals surface area contributed by atoms with E-state index in [1.807, 2.05) is 0 Å². The zero-order valence-electron chi connectivity index (χ0n) is 18.0. The third-order valence-corrected chi connectivity index (χ3v) is 8.26. The number of carbonyl (C=O) groups excluding carboxylic acids is 1. The third-order valence-electron chi connectivity index (χ3n) is 8.26. The second kappa shape index (κ2) is 9.62. The van der Waals surface area contributed by atoms with Crippen molar-refractivity contribution in [3.8, 4) is 5.75 Å². The van der Waals surface area contributed by atoms with Crippen LogP contribution in [0.3, 0.4) is 0 Å². The van der Waals surface area contributed by atoms with Crippen molar-refractivity contribution in [2.24, 2.45) is 35.5 Å². The van der Waals surface area contributed by atoms with Gasteiger partial charge in [0.25, 0.3) is 0 Å². The number of ether oxygens (including phenoxy) is 1. The zero-order chi connectivity index (χ0) is 20.2.